The molecule has 0 unspecified atom stereocenters. The highest BCUT2D eigenvalue weighted by Crippen LogP contribution is 2.53. The van der Waals surface area contributed by atoms with Crippen LogP contribution in [0.25, 0.3) is 78.3 Å². The fourth-order valence-corrected chi connectivity index (χ4v) is 7.50. The van der Waals surface area contributed by atoms with Gasteiger partial charge in [0.2, 0.25) is 0 Å². The van der Waals surface area contributed by atoms with Gasteiger partial charge in [-0.25, -0.2) is 15.0 Å². The van der Waals surface area contributed by atoms with Crippen LogP contribution in [0.15, 0.2) is 164 Å². The minimum Gasteiger partial charge on any atom is -0.208 e. The van der Waals surface area contributed by atoms with Crippen molar-refractivity contribution in [2.75, 3.05) is 0 Å². The number of hydrogen-bond acceptors (Lipinski definition) is 3. The first-order valence-electron chi connectivity index (χ1n) is 16.8. The summed E-state index contributed by atoms with van der Waals surface area (Å²) in [4.78, 5) is 15.3. The van der Waals surface area contributed by atoms with E-state index in [9.17, 15) is 0 Å². The summed E-state index contributed by atoms with van der Waals surface area (Å²) < 4.78 is 0. The van der Waals surface area contributed by atoms with Crippen LogP contribution < -0.4 is 0 Å². The monoisotopic (exact) mass is 627 g/mol. The Hall–Kier alpha value is -6.19. The van der Waals surface area contributed by atoms with Gasteiger partial charge in [-0.2, -0.15) is 0 Å². The Labute approximate surface area is 286 Å². The summed E-state index contributed by atoms with van der Waals surface area (Å²) in [6.45, 7) is 4.70. The molecule has 1 heterocycles. The van der Waals surface area contributed by atoms with Crippen molar-refractivity contribution in [1.29, 1.82) is 0 Å². The van der Waals surface area contributed by atoms with Gasteiger partial charge in [-0.3, -0.25) is 0 Å². The number of nitrogens with zero attached hydrogens (tertiary/aromatic N) is 3. The van der Waals surface area contributed by atoms with E-state index in [0.29, 0.717) is 17.5 Å². The molecule has 0 amide bonds. The third-order valence-electron chi connectivity index (χ3n) is 9.94. The molecule has 7 aromatic carbocycles. The molecule has 0 spiro atoms. The molecule has 3 nitrogen and oxygen atoms in total. The van der Waals surface area contributed by atoms with Crippen molar-refractivity contribution >= 4 is 10.8 Å². The third-order valence-corrected chi connectivity index (χ3v) is 9.94. The first-order valence-corrected chi connectivity index (χ1v) is 16.8. The molecular weight excluding hydrogens is 595 g/mol. The highest BCUT2D eigenvalue weighted by atomic mass is 15.0. The Balaban J connectivity index is 1.31. The van der Waals surface area contributed by atoms with Crippen LogP contribution in [0.1, 0.15) is 25.0 Å². The SMILES string of the molecule is CC1(C)c2cc(-c3c(-c4ccccc4)cccc3-c3nc(-c4ccccc4)nc(-c4ccccc4)n3)ccc2-c2c1ccc1ccccc21. The lowest BCUT2D eigenvalue weighted by Gasteiger charge is -2.23. The number of benzene rings is 7. The van der Waals surface area contributed by atoms with Gasteiger partial charge in [0.15, 0.2) is 17.5 Å². The molecule has 9 rings (SSSR count). The van der Waals surface area contributed by atoms with Crippen LogP contribution in [0.4, 0.5) is 0 Å². The molecule has 0 bridgehead atoms. The molecule has 1 aromatic heterocycles. The summed E-state index contributed by atoms with van der Waals surface area (Å²) in [5.74, 6) is 1.95. The number of aromatic nitrogens is 3. The Kier molecular flexibility index (Phi) is 6.80. The van der Waals surface area contributed by atoms with Gasteiger partial charge in [0.25, 0.3) is 0 Å². The molecule has 232 valence electrons. The number of fused-ring (bicyclic) bond motifs is 5. The molecule has 0 atom stereocenters. The van der Waals surface area contributed by atoms with Gasteiger partial charge < -0.3 is 0 Å². The molecule has 0 saturated heterocycles. The van der Waals surface area contributed by atoms with Crippen LogP contribution in [-0.4, -0.2) is 15.0 Å². The van der Waals surface area contributed by atoms with Crippen molar-refractivity contribution < 1.29 is 0 Å². The van der Waals surface area contributed by atoms with Crippen LogP contribution in [0.2, 0.25) is 0 Å². The van der Waals surface area contributed by atoms with E-state index < -0.39 is 0 Å². The van der Waals surface area contributed by atoms with Gasteiger partial charge in [0.1, 0.15) is 0 Å². The van der Waals surface area contributed by atoms with Crippen molar-refractivity contribution in [1.82, 2.24) is 15.0 Å². The smallest absolute Gasteiger partial charge is 0.164 e. The molecule has 0 aliphatic heterocycles. The minimum atomic E-state index is -0.166. The van der Waals surface area contributed by atoms with Crippen molar-refractivity contribution in [2.24, 2.45) is 0 Å². The average molecular weight is 628 g/mol. The average Bonchev–Trinajstić information content (AvgIpc) is 3.41. The summed E-state index contributed by atoms with van der Waals surface area (Å²) in [5, 5.41) is 2.57. The Morgan fingerprint density at radius 1 is 0.367 bits per heavy atom. The van der Waals surface area contributed by atoms with Gasteiger partial charge in [-0.1, -0.05) is 172 Å². The Morgan fingerprint density at radius 3 is 1.61 bits per heavy atom. The first-order chi connectivity index (χ1) is 24.1. The zero-order valence-electron chi connectivity index (χ0n) is 27.4. The number of rotatable bonds is 5. The molecule has 0 N–H and O–H groups in total. The fraction of sp³-hybridized carbons (Fsp3) is 0.0652. The second-order valence-electron chi connectivity index (χ2n) is 13.2. The largest absolute Gasteiger partial charge is 0.208 e. The minimum absolute atomic E-state index is 0.166. The molecule has 3 heteroatoms. The van der Waals surface area contributed by atoms with E-state index >= 15 is 0 Å². The second kappa shape index (κ2) is 11.5. The topological polar surface area (TPSA) is 38.7 Å². The zero-order chi connectivity index (χ0) is 33.0. The lowest BCUT2D eigenvalue weighted by molar-refractivity contribution is 0.661. The maximum absolute atomic E-state index is 5.17. The molecule has 1 aliphatic rings. The molecular formula is C46H33N3. The van der Waals surface area contributed by atoms with Crippen LogP contribution in [-0.2, 0) is 5.41 Å². The number of hydrogen-bond donors (Lipinski definition) is 0. The summed E-state index contributed by atoms with van der Waals surface area (Å²) in [5.41, 5.74) is 12.6. The fourth-order valence-electron chi connectivity index (χ4n) is 7.50. The summed E-state index contributed by atoms with van der Waals surface area (Å²) >= 11 is 0. The predicted octanol–water partition coefficient (Wildman–Crippen LogP) is 11.7. The second-order valence-corrected chi connectivity index (χ2v) is 13.2. The first kappa shape index (κ1) is 29.0. The summed E-state index contributed by atoms with van der Waals surface area (Å²) in [7, 11) is 0. The van der Waals surface area contributed by atoms with Crippen LogP contribution in [0.3, 0.4) is 0 Å². The summed E-state index contributed by atoms with van der Waals surface area (Å²) in [6.07, 6.45) is 0. The van der Waals surface area contributed by atoms with Gasteiger partial charge in [-0.05, 0) is 55.8 Å². The lowest BCUT2D eigenvalue weighted by Crippen LogP contribution is -2.15. The molecule has 49 heavy (non-hydrogen) atoms. The quantitative estimate of drug-likeness (QED) is 0.191. The van der Waals surface area contributed by atoms with E-state index in [2.05, 4.69) is 141 Å². The predicted molar refractivity (Wildman–Crippen MR) is 202 cm³/mol. The maximum Gasteiger partial charge on any atom is 0.164 e. The van der Waals surface area contributed by atoms with Crippen molar-refractivity contribution in [2.45, 2.75) is 19.3 Å². The Morgan fingerprint density at radius 2 is 0.939 bits per heavy atom. The highest BCUT2D eigenvalue weighted by Gasteiger charge is 2.37. The summed E-state index contributed by atoms with van der Waals surface area (Å²) in [6, 6.07) is 57.8. The van der Waals surface area contributed by atoms with E-state index in [1.165, 1.54) is 33.0 Å². The van der Waals surface area contributed by atoms with Crippen LogP contribution in [0.5, 0.6) is 0 Å². The van der Waals surface area contributed by atoms with Crippen molar-refractivity contribution in [3.63, 3.8) is 0 Å². The van der Waals surface area contributed by atoms with Gasteiger partial charge in [0, 0.05) is 27.7 Å². The Bertz CT molecular complexity index is 2440. The van der Waals surface area contributed by atoms with Crippen molar-refractivity contribution in [3.8, 4) is 67.5 Å². The zero-order valence-corrected chi connectivity index (χ0v) is 27.4. The molecule has 0 saturated carbocycles. The van der Waals surface area contributed by atoms with Crippen LogP contribution in [0, 0.1) is 0 Å². The van der Waals surface area contributed by atoms with E-state index in [-0.39, 0.29) is 5.41 Å². The van der Waals surface area contributed by atoms with E-state index in [1.54, 1.807) is 0 Å². The highest BCUT2D eigenvalue weighted by molar-refractivity contribution is 6.03. The van der Waals surface area contributed by atoms with Gasteiger partial charge >= 0.3 is 0 Å². The van der Waals surface area contributed by atoms with E-state index in [4.69, 9.17) is 15.0 Å². The van der Waals surface area contributed by atoms with Gasteiger partial charge in [-0.15, -0.1) is 0 Å². The molecule has 1 aliphatic carbocycles. The van der Waals surface area contributed by atoms with E-state index in [1.807, 2.05) is 36.4 Å². The van der Waals surface area contributed by atoms with E-state index in [0.717, 1.165) is 38.9 Å². The lowest BCUT2D eigenvalue weighted by atomic mass is 9.80. The molecule has 8 aromatic rings. The van der Waals surface area contributed by atoms with Crippen molar-refractivity contribution in [3.05, 3.63) is 175 Å². The van der Waals surface area contributed by atoms with Gasteiger partial charge in [0.05, 0.1) is 0 Å². The normalized spacial score (nSPS) is 12.9. The third kappa shape index (κ3) is 4.86. The molecule has 0 fully saturated rings. The van der Waals surface area contributed by atoms with Crippen LogP contribution >= 0.6 is 0 Å². The maximum atomic E-state index is 5.17. The molecule has 0 radical (unpaired) electrons. The standard InChI is InChI=1S/C46H33N3/c1-46(2)39-28-26-31-17-12-13-22-36(31)42(39)37-27-25-34(29-40(37)46)41-35(30-15-6-3-7-16-30)23-14-24-38(41)45-48-43(32-18-8-4-9-19-32)47-44(49-45)33-20-10-5-11-21-33/h3-29H,1-2H3.